The molecular formula is C52H37NO. The van der Waals surface area contributed by atoms with Gasteiger partial charge in [-0.25, -0.2) is 0 Å². The van der Waals surface area contributed by atoms with Crippen LogP contribution in [0, 0.1) is 0 Å². The molecule has 0 aliphatic heterocycles. The maximum atomic E-state index is 6.31. The van der Waals surface area contributed by atoms with E-state index in [0.29, 0.717) is 0 Å². The van der Waals surface area contributed by atoms with E-state index in [9.17, 15) is 0 Å². The Morgan fingerprint density at radius 3 is 1.54 bits per heavy atom. The molecule has 0 radical (unpaired) electrons. The van der Waals surface area contributed by atoms with E-state index in [1.165, 1.54) is 66.5 Å². The highest BCUT2D eigenvalue weighted by molar-refractivity contribution is 6.08. The summed E-state index contributed by atoms with van der Waals surface area (Å²) in [4.78, 5) is 2.42. The van der Waals surface area contributed by atoms with Crippen LogP contribution in [0.25, 0.3) is 61.4 Å². The van der Waals surface area contributed by atoms with Gasteiger partial charge in [0.2, 0.25) is 0 Å². The number of allylic oxidation sites excluding steroid dienone is 1. The first kappa shape index (κ1) is 31.8. The average molecular weight is 692 g/mol. The standard InChI is InChI=1S/C52H37NO/c1-3-11-36(12-4-1)38-19-21-39(22-20-38)41-27-32-45(33-28-41)53(44-30-25-40(26-31-44)37-13-5-2-6-14-37)49-17-9-7-15-46(49)43-24-23-42-29-34-51-52(48(42)35-43)47-16-8-10-18-50(47)54-51/h1-34,43H,35H2. The molecule has 0 amide bonds. The Morgan fingerprint density at radius 1 is 0.426 bits per heavy atom. The zero-order valence-corrected chi connectivity index (χ0v) is 29.8. The molecule has 8 aromatic carbocycles. The summed E-state index contributed by atoms with van der Waals surface area (Å²) in [6.07, 6.45) is 5.58. The fraction of sp³-hybridized carbons (Fsp3) is 0.0385. The van der Waals surface area contributed by atoms with Crippen LogP contribution in [0.1, 0.15) is 22.6 Å². The molecule has 0 bridgehead atoms. The lowest BCUT2D eigenvalue weighted by molar-refractivity contribution is 0.668. The molecule has 1 aliphatic carbocycles. The molecule has 0 N–H and O–H groups in total. The van der Waals surface area contributed by atoms with Gasteiger partial charge >= 0.3 is 0 Å². The molecule has 0 fully saturated rings. The number of anilines is 3. The second-order valence-corrected chi connectivity index (χ2v) is 14.1. The van der Waals surface area contributed by atoms with Crippen LogP contribution in [-0.4, -0.2) is 0 Å². The van der Waals surface area contributed by atoms with E-state index in [2.05, 4.69) is 205 Å². The average Bonchev–Trinajstić information content (AvgIpc) is 3.64. The van der Waals surface area contributed by atoms with Gasteiger partial charge in [-0.3, -0.25) is 0 Å². The van der Waals surface area contributed by atoms with Crippen molar-refractivity contribution in [3.63, 3.8) is 0 Å². The molecule has 0 spiro atoms. The predicted molar refractivity (Wildman–Crippen MR) is 227 cm³/mol. The SMILES string of the molecule is C1=CC(c2ccccc2N(c2ccc(-c3ccccc3)cc2)c2ccc(-c3ccc(-c4ccccc4)cc3)cc2)Cc2c1ccc1oc3ccccc3c21. The molecule has 1 atom stereocenters. The van der Waals surface area contributed by atoms with Crippen LogP contribution in [0.3, 0.4) is 0 Å². The maximum absolute atomic E-state index is 6.31. The Morgan fingerprint density at radius 2 is 0.926 bits per heavy atom. The third-order valence-electron chi connectivity index (χ3n) is 10.9. The van der Waals surface area contributed by atoms with E-state index in [0.717, 1.165) is 29.0 Å². The lowest BCUT2D eigenvalue weighted by Crippen LogP contribution is -2.15. The van der Waals surface area contributed by atoms with Gasteiger partial charge in [0, 0.05) is 33.8 Å². The first-order valence-corrected chi connectivity index (χ1v) is 18.7. The highest BCUT2D eigenvalue weighted by Gasteiger charge is 2.25. The van der Waals surface area contributed by atoms with Gasteiger partial charge in [-0.2, -0.15) is 0 Å². The van der Waals surface area contributed by atoms with Crippen molar-refractivity contribution in [1.29, 1.82) is 0 Å². The second kappa shape index (κ2) is 13.6. The Hall–Kier alpha value is -6.90. The maximum Gasteiger partial charge on any atom is 0.135 e. The van der Waals surface area contributed by atoms with Crippen molar-refractivity contribution in [3.8, 4) is 33.4 Å². The molecule has 1 aliphatic rings. The van der Waals surface area contributed by atoms with E-state index in [-0.39, 0.29) is 5.92 Å². The zero-order chi connectivity index (χ0) is 35.8. The number of furan rings is 1. The molecule has 0 saturated heterocycles. The first-order valence-electron chi connectivity index (χ1n) is 18.7. The predicted octanol–water partition coefficient (Wildman–Crippen LogP) is 14.4. The van der Waals surface area contributed by atoms with Crippen LogP contribution in [0.2, 0.25) is 0 Å². The topological polar surface area (TPSA) is 16.4 Å². The number of hydrogen-bond donors (Lipinski definition) is 0. The molecule has 2 heteroatoms. The summed E-state index contributed by atoms with van der Waals surface area (Å²) < 4.78 is 6.31. The number of fused-ring (bicyclic) bond motifs is 5. The number of para-hydroxylation sites is 2. The van der Waals surface area contributed by atoms with Crippen LogP contribution in [0.4, 0.5) is 17.1 Å². The number of nitrogens with zero attached hydrogens (tertiary/aromatic N) is 1. The lowest BCUT2D eigenvalue weighted by Gasteiger charge is -2.31. The van der Waals surface area contributed by atoms with Gasteiger partial charge in [-0.15, -0.1) is 0 Å². The van der Waals surface area contributed by atoms with Crippen LogP contribution >= 0.6 is 0 Å². The zero-order valence-electron chi connectivity index (χ0n) is 29.8. The molecule has 256 valence electrons. The van der Waals surface area contributed by atoms with Crippen molar-refractivity contribution in [2.75, 3.05) is 4.90 Å². The van der Waals surface area contributed by atoms with E-state index < -0.39 is 0 Å². The van der Waals surface area contributed by atoms with Crippen LogP contribution in [0.15, 0.2) is 205 Å². The van der Waals surface area contributed by atoms with E-state index in [4.69, 9.17) is 4.42 Å². The molecule has 2 nitrogen and oxygen atoms in total. The van der Waals surface area contributed by atoms with Gasteiger partial charge in [0.05, 0.1) is 0 Å². The monoisotopic (exact) mass is 691 g/mol. The summed E-state index contributed by atoms with van der Waals surface area (Å²) in [5, 5.41) is 2.41. The highest BCUT2D eigenvalue weighted by Crippen LogP contribution is 2.45. The van der Waals surface area contributed by atoms with Gasteiger partial charge < -0.3 is 9.32 Å². The summed E-state index contributed by atoms with van der Waals surface area (Å²) >= 11 is 0. The molecule has 0 saturated carbocycles. The van der Waals surface area contributed by atoms with Crippen molar-refractivity contribution < 1.29 is 4.42 Å². The Balaban J connectivity index is 1.05. The molecule has 9 aromatic rings. The normalized spacial score (nSPS) is 13.6. The number of hydrogen-bond acceptors (Lipinski definition) is 2. The molecular weight excluding hydrogens is 655 g/mol. The van der Waals surface area contributed by atoms with Gasteiger partial charge in [-0.05, 0) is 99.0 Å². The minimum atomic E-state index is 0.182. The Kier molecular flexibility index (Phi) is 8.00. The summed E-state index contributed by atoms with van der Waals surface area (Å²) in [5.41, 5.74) is 16.4. The third kappa shape index (κ3) is 5.79. The third-order valence-corrected chi connectivity index (χ3v) is 10.9. The summed E-state index contributed by atoms with van der Waals surface area (Å²) in [7, 11) is 0. The van der Waals surface area contributed by atoms with Crippen molar-refractivity contribution in [2.45, 2.75) is 12.3 Å². The van der Waals surface area contributed by atoms with Gasteiger partial charge in [0.15, 0.2) is 0 Å². The van der Waals surface area contributed by atoms with Crippen molar-refractivity contribution in [2.24, 2.45) is 0 Å². The second-order valence-electron chi connectivity index (χ2n) is 14.1. The largest absolute Gasteiger partial charge is 0.456 e. The van der Waals surface area contributed by atoms with E-state index >= 15 is 0 Å². The lowest BCUT2D eigenvalue weighted by atomic mass is 9.82. The number of rotatable bonds is 7. The molecule has 54 heavy (non-hydrogen) atoms. The minimum absolute atomic E-state index is 0.182. The first-order chi connectivity index (χ1) is 26.8. The Labute approximate surface area is 315 Å². The van der Waals surface area contributed by atoms with Gasteiger partial charge in [0.1, 0.15) is 11.2 Å². The molecule has 1 aromatic heterocycles. The molecule has 1 unspecified atom stereocenters. The van der Waals surface area contributed by atoms with E-state index in [1.54, 1.807) is 0 Å². The summed E-state index contributed by atoms with van der Waals surface area (Å²) in [6, 6.07) is 69.6. The molecule has 1 heterocycles. The van der Waals surface area contributed by atoms with Crippen molar-refractivity contribution in [3.05, 3.63) is 217 Å². The van der Waals surface area contributed by atoms with Gasteiger partial charge in [-0.1, -0.05) is 164 Å². The molecule has 10 rings (SSSR count). The quantitative estimate of drug-likeness (QED) is 0.165. The summed E-state index contributed by atoms with van der Waals surface area (Å²) in [6.45, 7) is 0. The van der Waals surface area contributed by atoms with Crippen molar-refractivity contribution >= 4 is 45.1 Å². The van der Waals surface area contributed by atoms with Crippen LogP contribution in [-0.2, 0) is 6.42 Å². The summed E-state index contributed by atoms with van der Waals surface area (Å²) in [5.74, 6) is 0.182. The van der Waals surface area contributed by atoms with E-state index in [1.807, 2.05) is 6.07 Å². The number of benzene rings is 8. The fourth-order valence-electron chi connectivity index (χ4n) is 8.16. The van der Waals surface area contributed by atoms with Crippen LogP contribution < -0.4 is 4.90 Å². The Bertz CT molecular complexity index is 2760. The van der Waals surface area contributed by atoms with Crippen molar-refractivity contribution in [1.82, 2.24) is 0 Å². The minimum Gasteiger partial charge on any atom is -0.456 e. The van der Waals surface area contributed by atoms with Crippen LogP contribution in [0.5, 0.6) is 0 Å². The smallest absolute Gasteiger partial charge is 0.135 e. The highest BCUT2D eigenvalue weighted by atomic mass is 16.3. The fourth-order valence-corrected chi connectivity index (χ4v) is 8.16. The van der Waals surface area contributed by atoms with Gasteiger partial charge in [0.25, 0.3) is 0 Å².